The van der Waals surface area contributed by atoms with Crippen molar-refractivity contribution in [3.63, 3.8) is 0 Å². The zero-order chi connectivity index (χ0) is 11.1. The van der Waals surface area contributed by atoms with Crippen molar-refractivity contribution < 1.29 is 14.6 Å². The summed E-state index contributed by atoms with van der Waals surface area (Å²) in [6.07, 6.45) is 0.632. The fourth-order valence-electron chi connectivity index (χ4n) is 1.63. The number of aliphatic hydroxyl groups is 1. The van der Waals surface area contributed by atoms with Crippen LogP contribution in [0.2, 0.25) is 0 Å². The summed E-state index contributed by atoms with van der Waals surface area (Å²) in [5, 5.41) is 11.9. The lowest BCUT2D eigenvalue weighted by Crippen LogP contribution is -2.52. The van der Waals surface area contributed by atoms with Crippen molar-refractivity contribution >= 4 is 5.91 Å². The fourth-order valence-corrected chi connectivity index (χ4v) is 1.63. The van der Waals surface area contributed by atoms with Crippen molar-refractivity contribution in [2.45, 2.75) is 19.4 Å². The molecule has 1 aliphatic rings. The summed E-state index contributed by atoms with van der Waals surface area (Å²) < 4.78 is 5.24. The molecule has 88 valence electrons. The van der Waals surface area contributed by atoms with Crippen molar-refractivity contribution in [2.75, 3.05) is 39.5 Å². The molecule has 1 unspecified atom stereocenters. The van der Waals surface area contributed by atoms with E-state index in [1.54, 1.807) is 4.90 Å². The maximum absolute atomic E-state index is 11.9. The Labute approximate surface area is 90.4 Å². The van der Waals surface area contributed by atoms with Gasteiger partial charge in [0.25, 0.3) is 0 Å². The number of carbonyl (C=O) groups is 1. The molecular weight excluding hydrogens is 196 g/mol. The van der Waals surface area contributed by atoms with Gasteiger partial charge in [-0.1, -0.05) is 0 Å². The highest BCUT2D eigenvalue weighted by Crippen LogP contribution is 2.01. The quantitative estimate of drug-likeness (QED) is 0.632. The molecule has 0 aliphatic carbocycles. The Morgan fingerprint density at radius 1 is 1.67 bits per heavy atom. The first-order valence-electron chi connectivity index (χ1n) is 5.50. The van der Waals surface area contributed by atoms with Crippen LogP contribution in [0.15, 0.2) is 0 Å². The Balaban J connectivity index is 2.40. The van der Waals surface area contributed by atoms with Crippen LogP contribution in [-0.4, -0.2) is 61.4 Å². The number of hydrogen-bond acceptors (Lipinski definition) is 4. The molecule has 0 spiro atoms. The number of ether oxygens (including phenoxy) is 1. The number of nitrogens with zero attached hydrogens (tertiary/aromatic N) is 1. The molecule has 0 aromatic carbocycles. The zero-order valence-corrected chi connectivity index (χ0v) is 9.24. The molecule has 5 heteroatoms. The molecule has 1 rings (SSSR count). The van der Waals surface area contributed by atoms with Crippen LogP contribution in [0.4, 0.5) is 0 Å². The number of nitrogens with one attached hydrogen (secondary N) is 1. The summed E-state index contributed by atoms with van der Waals surface area (Å²) >= 11 is 0. The summed E-state index contributed by atoms with van der Waals surface area (Å²) in [7, 11) is 0. The SMILES string of the molecule is CCN(CCCO)C(=O)C1COCCN1. The predicted molar refractivity (Wildman–Crippen MR) is 56.6 cm³/mol. The van der Waals surface area contributed by atoms with Crippen LogP contribution in [0.5, 0.6) is 0 Å². The molecule has 1 fully saturated rings. The van der Waals surface area contributed by atoms with Gasteiger partial charge in [0.1, 0.15) is 6.04 Å². The molecule has 5 nitrogen and oxygen atoms in total. The highest BCUT2D eigenvalue weighted by molar-refractivity contribution is 5.82. The van der Waals surface area contributed by atoms with E-state index in [-0.39, 0.29) is 18.6 Å². The minimum atomic E-state index is -0.211. The van der Waals surface area contributed by atoms with Gasteiger partial charge in [-0.15, -0.1) is 0 Å². The molecule has 0 saturated carbocycles. The van der Waals surface area contributed by atoms with E-state index in [1.807, 2.05) is 6.92 Å². The third kappa shape index (κ3) is 3.77. The van der Waals surface area contributed by atoms with Gasteiger partial charge in [-0.05, 0) is 13.3 Å². The van der Waals surface area contributed by atoms with Crippen molar-refractivity contribution in [2.24, 2.45) is 0 Å². The first-order chi connectivity index (χ1) is 7.29. The van der Waals surface area contributed by atoms with E-state index < -0.39 is 0 Å². The van der Waals surface area contributed by atoms with Crippen LogP contribution in [-0.2, 0) is 9.53 Å². The number of hydrogen-bond donors (Lipinski definition) is 2. The van der Waals surface area contributed by atoms with Crippen LogP contribution in [0.3, 0.4) is 0 Å². The van der Waals surface area contributed by atoms with Gasteiger partial charge in [0.2, 0.25) is 5.91 Å². The number of rotatable bonds is 5. The molecule has 0 bridgehead atoms. The second-order valence-electron chi connectivity index (χ2n) is 3.58. The van der Waals surface area contributed by atoms with Crippen LogP contribution in [0.1, 0.15) is 13.3 Å². The third-order valence-corrected chi connectivity index (χ3v) is 2.50. The molecule has 2 N–H and O–H groups in total. The Morgan fingerprint density at radius 2 is 2.47 bits per heavy atom. The molecule has 1 saturated heterocycles. The molecular formula is C10H20N2O3. The van der Waals surface area contributed by atoms with Crippen molar-refractivity contribution in [1.29, 1.82) is 0 Å². The van der Waals surface area contributed by atoms with Crippen LogP contribution in [0.25, 0.3) is 0 Å². The van der Waals surface area contributed by atoms with E-state index >= 15 is 0 Å². The lowest BCUT2D eigenvalue weighted by molar-refractivity contribution is -0.136. The smallest absolute Gasteiger partial charge is 0.242 e. The first-order valence-corrected chi connectivity index (χ1v) is 5.50. The predicted octanol–water partition coefficient (Wildman–Crippen LogP) is -0.794. The van der Waals surface area contributed by atoms with E-state index in [0.717, 1.165) is 6.54 Å². The average Bonchev–Trinajstić information content (AvgIpc) is 2.31. The third-order valence-electron chi connectivity index (χ3n) is 2.50. The summed E-state index contributed by atoms with van der Waals surface area (Å²) in [6, 6.07) is -0.211. The molecule has 0 aromatic heterocycles. The summed E-state index contributed by atoms with van der Waals surface area (Å²) in [6.45, 7) is 5.22. The Morgan fingerprint density at radius 3 is 3.00 bits per heavy atom. The number of likely N-dealkylation sites (N-methyl/N-ethyl adjacent to an activating group) is 1. The van der Waals surface area contributed by atoms with E-state index in [2.05, 4.69) is 5.32 Å². The highest BCUT2D eigenvalue weighted by Gasteiger charge is 2.24. The van der Waals surface area contributed by atoms with Crippen LogP contribution >= 0.6 is 0 Å². The topological polar surface area (TPSA) is 61.8 Å². The van der Waals surface area contributed by atoms with Crippen LogP contribution < -0.4 is 5.32 Å². The first kappa shape index (κ1) is 12.4. The normalized spacial score (nSPS) is 21.3. The largest absolute Gasteiger partial charge is 0.396 e. The van der Waals surface area contributed by atoms with Gasteiger partial charge in [0.05, 0.1) is 13.2 Å². The van der Waals surface area contributed by atoms with Crippen molar-refractivity contribution in [1.82, 2.24) is 10.2 Å². The number of carbonyl (C=O) groups excluding carboxylic acids is 1. The molecule has 1 heterocycles. The monoisotopic (exact) mass is 216 g/mol. The maximum atomic E-state index is 11.9. The standard InChI is InChI=1S/C10H20N2O3/c1-2-12(5-3-6-13)10(14)9-8-15-7-4-11-9/h9,11,13H,2-8H2,1H3. The molecule has 1 amide bonds. The van der Waals surface area contributed by atoms with E-state index in [1.165, 1.54) is 0 Å². The Bertz CT molecular complexity index is 193. The highest BCUT2D eigenvalue weighted by atomic mass is 16.5. The molecule has 0 aromatic rings. The van der Waals surface area contributed by atoms with Crippen LogP contribution in [0, 0.1) is 0 Å². The van der Waals surface area contributed by atoms with Gasteiger partial charge >= 0.3 is 0 Å². The second-order valence-corrected chi connectivity index (χ2v) is 3.58. The average molecular weight is 216 g/mol. The van der Waals surface area contributed by atoms with E-state index in [0.29, 0.717) is 32.7 Å². The minimum Gasteiger partial charge on any atom is -0.396 e. The van der Waals surface area contributed by atoms with Gasteiger partial charge in [-0.2, -0.15) is 0 Å². The number of amides is 1. The van der Waals surface area contributed by atoms with Gasteiger partial charge < -0.3 is 20.1 Å². The maximum Gasteiger partial charge on any atom is 0.242 e. The van der Waals surface area contributed by atoms with E-state index in [4.69, 9.17) is 9.84 Å². The molecule has 1 aliphatic heterocycles. The lowest BCUT2D eigenvalue weighted by atomic mass is 10.2. The lowest BCUT2D eigenvalue weighted by Gasteiger charge is -2.29. The van der Waals surface area contributed by atoms with Gasteiger partial charge in [0, 0.05) is 26.2 Å². The minimum absolute atomic E-state index is 0.0747. The van der Waals surface area contributed by atoms with Gasteiger partial charge in [-0.3, -0.25) is 4.79 Å². The van der Waals surface area contributed by atoms with Gasteiger partial charge in [0.15, 0.2) is 0 Å². The van der Waals surface area contributed by atoms with Crippen molar-refractivity contribution in [3.8, 4) is 0 Å². The molecule has 15 heavy (non-hydrogen) atoms. The van der Waals surface area contributed by atoms with Gasteiger partial charge in [-0.25, -0.2) is 0 Å². The Kier molecular flexibility index (Phi) is 5.60. The second kappa shape index (κ2) is 6.76. The van der Waals surface area contributed by atoms with Crippen molar-refractivity contribution in [3.05, 3.63) is 0 Å². The summed E-state index contributed by atoms with van der Waals surface area (Å²) in [5.41, 5.74) is 0. The Hall–Kier alpha value is -0.650. The zero-order valence-electron chi connectivity index (χ0n) is 9.24. The number of morpholine rings is 1. The summed E-state index contributed by atoms with van der Waals surface area (Å²) in [5.74, 6) is 0.0747. The molecule has 0 radical (unpaired) electrons. The number of aliphatic hydroxyl groups excluding tert-OH is 1. The van der Waals surface area contributed by atoms with E-state index in [9.17, 15) is 4.79 Å². The molecule has 1 atom stereocenters. The fraction of sp³-hybridized carbons (Fsp3) is 0.900. The summed E-state index contributed by atoms with van der Waals surface area (Å²) in [4.78, 5) is 13.7.